The molecule has 4 unspecified atom stereocenters. The lowest BCUT2D eigenvalue weighted by atomic mass is 9.32. The summed E-state index contributed by atoms with van der Waals surface area (Å²) in [7, 11) is 0. The van der Waals surface area contributed by atoms with Crippen LogP contribution in [0.1, 0.15) is 117 Å². The molecule has 0 aromatic rings. The second kappa shape index (κ2) is 6.64. The number of fused-ring (bicyclic) bond motifs is 7. The van der Waals surface area contributed by atoms with Crippen molar-refractivity contribution in [3.05, 3.63) is 12.2 Å². The smallest absolute Gasteiger partial charge is 0.0606 e. The first-order chi connectivity index (χ1) is 15.4. The molecule has 0 aromatic carbocycles. The van der Waals surface area contributed by atoms with Crippen LogP contribution in [0.25, 0.3) is 0 Å². The van der Waals surface area contributed by atoms with Gasteiger partial charge in [0.05, 0.1) is 7.45 Å². The maximum Gasteiger partial charge on any atom is 0.0606 e. The first kappa shape index (κ1) is 19.1. The van der Waals surface area contributed by atoms with Crippen molar-refractivity contribution in [3.63, 3.8) is 0 Å². The zero-order valence-electron chi connectivity index (χ0n) is 24.4. The molecule has 0 bridgehead atoms. The van der Waals surface area contributed by atoms with E-state index in [9.17, 15) is 5.11 Å². The molecule has 0 heterocycles. The van der Waals surface area contributed by atoms with Gasteiger partial charge in [0.25, 0.3) is 0 Å². The van der Waals surface area contributed by atoms with E-state index in [1.807, 2.05) is 13.8 Å². The van der Waals surface area contributed by atoms with Crippen molar-refractivity contribution in [1.29, 1.82) is 0 Å². The number of hydrogen-bond acceptors (Lipinski definition) is 1. The van der Waals surface area contributed by atoms with Crippen LogP contribution in [0.5, 0.6) is 0 Å². The van der Waals surface area contributed by atoms with E-state index in [1.54, 1.807) is 0 Å². The van der Waals surface area contributed by atoms with E-state index < -0.39 is 17.9 Å². The van der Waals surface area contributed by atoms with Crippen molar-refractivity contribution in [1.82, 2.24) is 0 Å². The molecule has 0 radical (unpaired) electrons. The second-order valence-corrected chi connectivity index (χ2v) is 14.3. The predicted octanol–water partition coefficient (Wildman–Crippen LogP) is 8.02. The van der Waals surface area contributed by atoms with E-state index in [2.05, 4.69) is 41.2 Å². The molecule has 31 heavy (non-hydrogen) atoms. The second-order valence-electron chi connectivity index (χ2n) is 14.3. The molecule has 5 aliphatic rings. The van der Waals surface area contributed by atoms with Gasteiger partial charge < -0.3 is 5.11 Å². The summed E-state index contributed by atoms with van der Waals surface area (Å²) in [6.07, 6.45) is 6.18. The molecule has 0 amide bonds. The van der Waals surface area contributed by atoms with Crippen LogP contribution in [-0.4, -0.2) is 11.2 Å². The van der Waals surface area contributed by atoms with E-state index in [0.29, 0.717) is 23.7 Å². The molecule has 10 atom stereocenters. The summed E-state index contributed by atoms with van der Waals surface area (Å²) >= 11 is 0. The van der Waals surface area contributed by atoms with Gasteiger partial charge in [-0.15, -0.1) is 0 Å². The topological polar surface area (TPSA) is 20.2 Å². The van der Waals surface area contributed by atoms with Gasteiger partial charge in [-0.1, -0.05) is 53.7 Å². The first-order valence-corrected chi connectivity index (χ1v) is 13.3. The van der Waals surface area contributed by atoms with Crippen LogP contribution in [0.15, 0.2) is 12.2 Å². The predicted molar refractivity (Wildman–Crippen MR) is 131 cm³/mol. The SMILES string of the molecule is [2H]C1([2H])C[C@@]2(C)C(CC[C@]3(C)C2CCC2C4[C@H](C(=C)C)CC[C@]4(C)CC[C@]23C)C(C)(C)[C@@]1([2H])O. The molecular weight excluding hydrogens is 376 g/mol. The number of allylic oxidation sites excluding steroid dienone is 1. The maximum atomic E-state index is 11.2. The summed E-state index contributed by atoms with van der Waals surface area (Å²) in [6, 6.07) is 0. The van der Waals surface area contributed by atoms with E-state index in [0.717, 1.165) is 24.7 Å². The fraction of sp³-hybridized carbons (Fsp3) is 0.933. The Balaban J connectivity index is 1.58. The Hall–Kier alpha value is -0.300. The number of rotatable bonds is 1. The van der Waals surface area contributed by atoms with Crippen LogP contribution >= 0.6 is 0 Å². The van der Waals surface area contributed by atoms with E-state index >= 15 is 0 Å². The lowest BCUT2D eigenvalue weighted by molar-refractivity contribution is -0.246. The Kier molecular flexibility index (Phi) is 4.08. The highest BCUT2D eigenvalue weighted by Crippen LogP contribution is 2.77. The molecule has 1 nitrogen and oxygen atoms in total. The maximum absolute atomic E-state index is 11.2. The van der Waals surface area contributed by atoms with Crippen molar-refractivity contribution in [2.75, 3.05) is 0 Å². The minimum absolute atomic E-state index is 0.174. The average Bonchev–Trinajstić information content (AvgIpc) is 3.05. The zero-order valence-corrected chi connectivity index (χ0v) is 21.4. The summed E-state index contributed by atoms with van der Waals surface area (Å²) in [5.74, 6) is 2.73. The monoisotopic (exact) mass is 429 g/mol. The van der Waals surface area contributed by atoms with Crippen molar-refractivity contribution in [2.24, 2.45) is 56.7 Å². The van der Waals surface area contributed by atoms with Gasteiger partial charge in [-0.2, -0.15) is 0 Å². The molecule has 5 rings (SSSR count). The van der Waals surface area contributed by atoms with Gasteiger partial charge in [-0.25, -0.2) is 0 Å². The number of aliphatic hydroxyl groups is 1. The Morgan fingerprint density at radius 1 is 0.871 bits per heavy atom. The third kappa shape index (κ3) is 2.65. The third-order valence-corrected chi connectivity index (χ3v) is 12.9. The highest BCUT2D eigenvalue weighted by atomic mass is 16.3. The van der Waals surface area contributed by atoms with Crippen molar-refractivity contribution in [2.45, 2.75) is 119 Å². The summed E-state index contributed by atoms with van der Waals surface area (Å²) in [5.41, 5.74) is 1.31. The zero-order chi connectivity index (χ0) is 25.3. The van der Waals surface area contributed by atoms with Crippen LogP contribution in [0.2, 0.25) is 0 Å². The van der Waals surface area contributed by atoms with Gasteiger partial charge in [0.1, 0.15) is 0 Å². The van der Waals surface area contributed by atoms with Gasteiger partial charge in [-0.05, 0) is 128 Å². The fourth-order valence-corrected chi connectivity index (χ4v) is 11.0. The summed E-state index contributed by atoms with van der Waals surface area (Å²) < 4.78 is 26.4. The normalized spacial score (nSPS) is 63.4. The Bertz CT molecular complexity index is 893. The van der Waals surface area contributed by atoms with Crippen molar-refractivity contribution < 1.29 is 9.22 Å². The summed E-state index contributed by atoms with van der Waals surface area (Å²) in [4.78, 5) is 0. The molecule has 0 saturated heterocycles. The molecular formula is C30H50O. The molecule has 5 saturated carbocycles. The van der Waals surface area contributed by atoms with E-state index in [1.165, 1.54) is 44.1 Å². The Morgan fingerprint density at radius 3 is 2.26 bits per heavy atom. The average molecular weight is 430 g/mol. The molecule has 176 valence electrons. The molecule has 5 aliphatic carbocycles. The van der Waals surface area contributed by atoms with Crippen LogP contribution in [0, 0.1) is 56.7 Å². The standard InChI is InChI=1S/C30H50O/c1-19(2)20-11-14-27(5)17-18-29(7)21(25(20)27)9-10-23-28(6)15-13-24(31)26(3,4)22(28)12-16-30(23,29)8/h20-25,31H,1,9-18H2,2-8H3/t20-,21?,22?,23?,24-,25?,27+,28-,29+,30+/m0/s1/i13D2,24D. The van der Waals surface area contributed by atoms with Crippen molar-refractivity contribution in [3.8, 4) is 0 Å². The highest BCUT2D eigenvalue weighted by molar-refractivity contribution is 5.21. The minimum Gasteiger partial charge on any atom is -0.393 e. The fourth-order valence-electron chi connectivity index (χ4n) is 11.0. The third-order valence-electron chi connectivity index (χ3n) is 12.9. The lowest BCUT2D eigenvalue weighted by Gasteiger charge is -2.73. The van der Waals surface area contributed by atoms with E-state index in [-0.39, 0.29) is 22.2 Å². The van der Waals surface area contributed by atoms with Crippen LogP contribution in [0.4, 0.5) is 0 Å². The minimum atomic E-state index is -2.05. The first-order valence-electron chi connectivity index (χ1n) is 14.8. The lowest BCUT2D eigenvalue weighted by Crippen LogP contribution is -2.66. The van der Waals surface area contributed by atoms with Gasteiger partial charge in [0.15, 0.2) is 0 Å². The highest BCUT2D eigenvalue weighted by Gasteiger charge is 2.70. The van der Waals surface area contributed by atoms with Gasteiger partial charge in [0, 0.05) is 2.74 Å². The van der Waals surface area contributed by atoms with Crippen LogP contribution in [0.3, 0.4) is 0 Å². The Morgan fingerprint density at radius 2 is 1.58 bits per heavy atom. The summed E-state index contributed by atoms with van der Waals surface area (Å²) in [5, 5.41) is 11.2. The van der Waals surface area contributed by atoms with Gasteiger partial charge in [-0.3, -0.25) is 0 Å². The van der Waals surface area contributed by atoms with Crippen molar-refractivity contribution >= 4 is 0 Å². The quantitative estimate of drug-likeness (QED) is 0.418. The molecule has 1 N–H and O–H groups in total. The molecule has 5 fully saturated rings. The van der Waals surface area contributed by atoms with E-state index in [4.69, 9.17) is 4.11 Å². The number of hydrogen-bond donors (Lipinski definition) is 1. The molecule has 0 spiro atoms. The van der Waals surface area contributed by atoms with Gasteiger partial charge in [0.2, 0.25) is 0 Å². The molecule has 0 aliphatic heterocycles. The van der Waals surface area contributed by atoms with Crippen LogP contribution in [-0.2, 0) is 0 Å². The Labute approximate surface area is 197 Å². The van der Waals surface area contributed by atoms with Gasteiger partial charge >= 0.3 is 0 Å². The molecule has 1 heteroatoms. The summed E-state index contributed by atoms with van der Waals surface area (Å²) in [6.45, 7) is 20.7. The molecule has 0 aromatic heterocycles. The largest absolute Gasteiger partial charge is 0.393 e. The van der Waals surface area contributed by atoms with Crippen LogP contribution < -0.4 is 0 Å².